The van der Waals surface area contributed by atoms with Gasteiger partial charge in [0.2, 0.25) is 11.8 Å². The number of aliphatic hydroxyl groups is 2. The van der Waals surface area contributed by atoms with E-state index in [0.29, 0.717) is 36.0 Å². The quantitative estimate of drug-likeness (QED) is 0.596. The average molecular weight is 347 g/mol. The molecule has 134 valence electrons. The van der Waals surface area contributed by atoms with Gasteiger partial charge >= 0.3 is 0 Å². The number of ether oxygens (including phenoxy) is 2. The van der Waals surface area contributed by atoms with Crippen LogP contribution in [-0.4, -0.2) is 61.7 Å². The number of fused-ring (bicyclic) bond motifs is 1. The first-order valence-corrected chi connectivity index (χ1v) is 7.95. The minimum Gasteiger partial charge on any atom is -0.472 e. The zero-order chi connectivity index (χ0) is 17.8. The van der Waals surface area contributed by atoms with Crippen LogP contribution < -0.4 is 10.1 Å². The van der Waals surface area contributed by atoms with E-state index in [9.17, 15) is 10.2 Å². The Hall–Kier alpha value is -2.49. The van der Waals surface area contributed by atoms with Gasteiger partial charge in [-0.1, -0.05) is 18.7 Å². The number of anilines is 1. The molecule has 1 aliphatic heterocycles. The molecule has 0 spiro atoms. The molecule has 0 radical (unpaired) electrons. The van der Waals surface area contributed by atoms with Gasteiger partial charge in [-0.3, -0.25) is 4.57 Å². The molecule has 2 aromatic rings. The predicted molar refractivity (Wildman–Crippen MR) is 91.3 cm³/mol. The van der Waals surface area contributed by atoms with E-state index < -0.39 is 18.4 Å². The van der Waals surface area contributed by atoms with Crippen molar-refractivity contribution in [3.05, 3.63) is 31.6 Å². The van der Waals surface area contributed by atoms with Crippen molar-refractivity contribution in [1.29, 1.82) is 0 Å². The zero-order valence-corrected chi connectivity index (χ0v) is 13.7. The lowest BCUT2D eigenvalue weighted by Gasteiger charge is -2.14. The van der Waals surface area contributed by atoms with E-state index in [0.717, 1.165) is 0 Å². The van der Waals surface area contributed by atoms with Crippen LogP contribution in [0.1, 0.15) is 12.6 Å². The molecule has 1 fully saturated rings. The van der Waals surface area contributed by atoms with Crippen LogP contribution in [0.25, 0.3) is 11.2 Å². The second kappa shape index (κ2) is 7.60. The predicted octanol–water partition coefficient (Wildman–Crippen LogP) is 0.630. The molecule has 0 amide bonds. The zero-order valence-electron chi connectivity index (χ0n) is 13.7. The number of hydrogen-bond donors (Lipinski definition) is 3. The second-order valence-corrected chi connectivity index (χ2v) is 5.56. The Balaban J connectivity index is 1.99. The maximum atomic E-state index is 9.96. The van der Waals surface area contributed by atoms with Crippen LogP contribution in [0.5, 0.6) is 5.88 Å². The summed E-state index contributed by atoms with van der Waals surface area (Å²) in [6.07, 6.45) is 3.35. The van der Waals surface area contributed by atoms with Crippen LogP contribution >= 0.6 is 0 Å². The molecular formula is C16H21N5O4. The molecule has 2 aromatic heterocycles. The lowest BCUT2D eigenvalue weighted by Crippen LogP contribution is -2.24. The largest absolute Gasteiger partial charge is 0.472 e. The number of imidazole rings is 1. The van der Waals surface area contributed by atoms with Gasteiger partial charge in [0.15, 0.2) is 11.2 Å². The topological polar surface area (TPSA) is 115 Å². The molecule has 25 heavy (non-hydrogen) atoms. The number of nitrogens with zero attached hydrogens (tertiary/aromatic N) is 4. The van der Waals surface area contributed by atoms with Crippen molar-refractivity contribution in [3.8, 4) is 5.88 Å². The fraction of sp³-hybridized carbons (Fsp3) is 0.438. The number of rotatable bonds is 8. The Morgan fingerprint density at radius 1 is 1.40 bits per heavy atom. The smallest absolute Gasteiger partial charge is 0.247 e. The van der Waals surface area contributed by atoms with E-state index in [1.165, 1.54) is 0 Å². The average Bonchev–Trinajstić information content (AvgIpc) is 3.20. The lowest BCUT2D eigenvalue weighted by molar-refractivity contribution is -0.0432. The van der Waals surface area contributed by atoms with Crippen molar-refractivity contribution < 1.29 is 19.7 Å². The van der Waals surface area contributed by atoms with Gasteiger partial charge in [0, 0.05) is 13.0 Å². The molecule has 0 bridgehead atoms. The summed E-state index contributed by atoms with van der Waals surface area (Å²) in [5, 5.41) is 22.2. The van der Waals surface area contributed by atoms with Crippen molar-refractivity contribution in [1.82, 2.24) is 19.5 Å². The highest BCUT2D eigenvalue weighted by Gasteiger charge is 2.35. The summed E-state index contributed by atoms with van der Waals surface area (Å²) in [6, 6.07) is 0. The third-order valence-electron chi connectivity index (χ3n) is 3.83. The van der Waals surface area contributed by atoms with E-state index >= 15 is 0 Å². The van der Waals surface area contributed by atoms with Crippen molar-refractivity contribution in [2.24, 2.45) is 0 Å². The van der Waals surface area contributed by atoms with Crippen LogP contribution in [-0.2, 0) is 4.74 Å². The fourth-order valence-corrected chi connectivity index (χ4v) is 2.63. The molecule has 9 heteroatoms. The molecular weight excluding hydrogens is 326 g/mol. The number of aromatic nitrogens is 4. The van der Waals surface area contributed by atoms with E-state index in [2.05, 4.69) is 33.4 Å². The highest BCUT2D eigenvalue weighted by Crippen LogP contribution is 2.32. The molecule has 3 rings (SSSR count). The summed E-state index contributed by atoms with van der Waals surface area (Å²) < 4.78 is 13.0. The molecule has 0 saturated carbocycles. The Bertz CT molecular complexity index is 762. The van der Waals surface area contributed by atoms with Gasteiger partial charge in [-0.05, 0) is 0 Å². The van der Waals surface area contributed by atoms with Gasteiger partial charge in [-0.15, -0.1) is 6.58 Å². The summed E-state index contributed by atoms with van der Waals surface area (Å²) in [5.74, 6) is 0.693. The summed E-state index contributed by atoms with van der Waals surface area (Å²) >= 11 is 0. The molecule has 1 saturated heterocycles. The van der Waals surface area contributed by atoms with Gasteiger partial charge in [0.25, 0.3) is 0 Å². The van der Waals surface area contributed by atoms with Crippen LogP contribution in [0, 0.1) is 0 Å². The molecule has 1 aliphatic rings. The highest BCUT2D eigenvalue weighted by atomic mass is 16.5. The third kappa shape index (κ3) is 3.48. The first-order chi connectivity index (χ1) is 12.2. The van der Waals surface area contributed by atoms with Crippen molar-refractivity contribution in [3.63, 3.8) is 0 Å². The fourth-order valence-electron chi connectivity index (χ4n) is 2.63. The van der Waals surface area contributed by atoms with Gasteiger partial charge in [0.05, 0.1) is 19.0 Å². The number of hydrogen-bond acceptors (Lipinski definition) is 8. The molecule has 3 N–H and O–H groups in total. The normalized spacial score (nSPS) is 22.9. The van der Waals surface area contributed by atoms with Gasteiger partial charge in [-0.25, -0.2) is 4.98 Å². The van der Waals surface area contributed by atoms with Gasteiger partial charge in [-0.2, -0.15) is 9.97 Å². The van der Waals surface area contributed by atoms with E-state index in [4.69, 9.17) is 9.47 Å². The van der Waals surface area contributed by atoms with Crippen LogP contribution in [0.15, 0.2) is 31.6 Å². The van der Waals surface area contributed by atoms with Crippen molar-refractivity contribution in [2.45, 2.75) is 24.9 Å². The maximum Gasteiger partial charge on any atom is 0.247 e. The van der Waals surface area contributed by atoms with E-state index in [1.54, 1.807) is 23.0 Å². The first kappa shape index (κ1) is 17.3. The summed E-state index contributed by atoms with van der Waals surface area (Å²) in [5.41, 5.74) is 0.993. The Morgan fingerprint density at radius 3 is 2.92 bits per heavy atom. The number of aliphatic hydroxyl groups excluding tert-OH is 2. The monoisotopic (exact) mass is 347 g/mol. The maximum absolute atomic E-state index is 9.96. The summed E-state index contributed by atoms with van der Waals surface area (Å²) in [6.45, 7) is 7.81. The van der Waals surface area contributed by atoms with Gasteiger partial charge < -0.3 is 25.0 Å². The van der Waals surface area contributed by atoms with Crippen molar-refractivity contribution in [2.75, 3.05) is 25.1 Å². The first-order valence-electron chi connectivity index (χ1n) is 7.95. The molecule has 3 atom stereocenters. The van der Waals surface area contributed by atoms with Crippen LogP contribution in [0.4, 0.5) is 5.95 Å². The Kier molecular flexibility index (Phi) is 5.27. The molecule has 0 aromatic carbocycles. The van der Waals surface area contributed by atoms with E-state index in [-0.39, 0.29) is 13.2 Å². The van der Waals surface area contributed by atoms with E-state index in [1.807, 2.05) is 0 Å². The Morgan fingerprint density at radius 2 is 2.24 bits per heavy atom. The molecule has 3 heterocycles. The van der Waals surface area contributed by atoms with Crippen LogP contribution in [0.2, 0.25) is 0 Å². The van der Waals surface area contributed by atoms with Crippen LogP contribution in [0.3, 0.4) is 0 Å². The summed E-state index contributed by atoms with van der Waals surface area (Å²) in [7, 11) is 0. The Labute approximate surface area is 144 Å². The SMILES string of the molecule is C=CCNc1nc(OCC=C)c2ncn([C@@H]3C[C@@H](O)[C@H](CO)O3)c2n1. The molecule has 9 nitrogen and oxygen atoms in total. The highest BCUT2D eigenvalue weighted by molar-refractivity contribution is 5.78. The summed E-state index contributed by atoms with van der Waals surface area (Å²) in [4.78, 5) is 13.1. The third-order valence-corrected chi connectivity index (χ3v) is 3.83. The van der Waals surface area contributed by atoms with Crippen molar-refractivity contribution >= 4 is 17.1 Å². The minimum atomic E-state index is -0.746. The molecule has 0 unspecified atom stereocenters. The minimum absolute atomic E-state index is 0.251. The standard InChI is InChI=1S/C16H21N5O4/c1-3-5-17-16-19-14-13(15(20-16)24-6-4-2)18-9-21(14)12-7-10(23)11(8-22)25-12/h3-4,9-12,22-23H,1-2,5-8H2,(H,17,19,20)/t10-,11+,12+/m1/s1. The lowest BCUT2D eigenvalue weighted by atomic mass is 10.2. The molecule has 0 aliphatic carbocycles. The van der Waals surface area contributed by atoms with Gasteiger partial charge in [0.1, 0.15) is 18.9 Å². The second-order valence-electron chi connectivity index (χ2n) is 5.56. The number of nitrogens with one attached hydrogen (secondary N) is 1.